The van der Waals surface area contributed by atoms with Crippen molar-refractivity contribution < 1.29 is 4.74 Å². The lowest BCUT2D eigenvalue weighted by atomic mass is 9.76. The highest BCUT2D eigenvalue weighted by Crippen LogP contribution is 2.37. The van der Waals surface area contributed by atoms with Gasteiger partial charge in [-0.25, -0.2) is 0 Å². The van der Waals surface area contributed by atoms with Gasteiger partial charge in [0.2, 0.25) is 0 Å². The fourth-order valence-electron chi connectivity index (χ4n) is 2.07. The monoisotopic (exact) mass is 378 g/mol. The van der Waals surface area contributed by atoms with Crippen molar-refractivity contribution in [2.75, 3.05) is 11.8 Å². The Kier molecular flexibility index (Phi) is 6.71. The van der Waals surface area contributed by atoms with Crippen LogP contribution in [0.1, 0.15) is 39.5 Å². The van der Waals surface area contributed by atoms with Crippen molar-refractivity contribution in [3.63, 3.8) is 0 Å². The van der Waals surface area contributed by atoms with Crippen LogP contribution in [-0.4, -0.2) is 27.9 Å². The Balaban J connectivity index is 2.37. The zero-order valence-corrected chi connectivity index (χ0v) is 13.7. The number of rotatable bonds is 5. The van der Waals surface area contributed by atoms with E-state index in [-0.39, 0.29) is 6.10 Å². The highest BCUT2D eigenvalue weighted by molar-refractivity contribution is 14.1. The van der Waals surface area contributed by atoms with Crippen LogP contribution in [0.4, 0.5) is 0 Å². The molecule has 0 aromatic carbocycles. The van der Waals surface area contributed by atoms with Gasteiger partial charge in [0.15, 0.2) is 0 Å². The summed E-state index contributed by atoms with van der Waals surface area (Å²) in [5.74, 6) is 1.15. The molecule has 16 heavy (non-hydrogen) atoms. The molecule has 0 aromatic rings. The molecule has 1 saturated carbocycles. The Hall–Kier alpha value is 1.27. The first kappa shape index (κ1) is 15.3. The maximum atomic E-state index is 6.06. The molecule has 4 heteroatoms. The second-order valence-electron chi connectivity index (χ2n) is 5.36. The average Bonchev–Trinajstić information content (AvgIpc) is 2.27. The topological polar surface area (TPSA) is 9.23 Å². The predicted octanol–water partition coefficient (Wildman–Crippen LogP) is 4.62. The summed E-state index contributed by atoms with van der Waals surface area (Å²) < 4.78 is 6.37. The second kappa shape index (κ2) is 7.01. The van der Waals surface area contributed by atoms with Crippen LogP contribution < -0.4 is 0 Å². The van der Waals surface area contributed by atoms with E-state index in [1.165, 1.54) is 12.8 Å². The van der Waals surface area contributed by atoms with Gasteiger partial charge in [-0.2, -0.15) is 0 Å². The SMILES string of the molecule is CC1(C)CCC(OC(CCl)C(I)CCl)CC1. The minimum Gasteiger partial charge on any atom is -0.373 e. The molecule has 0 amide bonds. The van der Waals surface area contributed by atoms with Crippen molar-refractivity contribution in [2.45, 2.75) is 55.7 Å². The summed E-state index contributed by atoms with van der Waals surface area (Å²) in [7, 11) is 0. The van der Waals surface area contributed by atoms with Gasteiger partial charge in [-0.05, 0) is 31.1 Å². The normalized spacial score (nSPS) is 25.3. The van der Waals surface area contributed by atoms with Crippen LogP contribution in [0.5, 0.6) is 0 Å². The van der Waals surface area contributed by atoms with Crippen LogP contribution in [0.3, 0.4) is 0 Å². The van der Waals surface area contributed by atoms with Crippen LogP contribution in [0.15, 0.2) is 0 Å². The molecular formula is C12H21Cl2IO. The highest BCUT2D eigenvalue weighted by atomic mass is 127. The van der Waals surface area contributed by atoms with Gasteiger partial charge in [0.25, 0.3) is 0 Å². The minimum atomic E-state index is 0.103. The first-order valence-corrected chi connectivity index (χ1v) is 8.21. The van der Waals surface area contributed by atoms with Crippen LogP contribution in [-0.2, 0) is 4.74 Å². The van der Waals surface area contributed by atoms with E-state index in [0.29, 0.717) is 27.2 Å². The fraction of sp³-hybridized carbons (Fsp3) is 1.00. The summed E-state index contributed by atoms with van der Waals surface area (Å²) >= 11 is 14.1. The number of ether oxygens (including phenoxy) is 1. The number of halogens is 3. The maximum absolute atomic E-state index is 6.06. The van der Waals surface area contributed by atoms with E-state index in [1.807, 2.05) is 0 Å². The lowest BCUT2D eigenvalue weighted by Crippen LogP contribution is -2.35. The molecule has 0 saturated heterocycles. The smallest absolute Gasteiger partial charge is 0.0843 e. The van der Waals surface area contributed by atoms with Gasteiger partial charge in [-0.3, -0.25) is 0 Å². The van der Waals surface area contributed by atoms with Crippen molar-refractivity contribution >= 4 is 45.8 Å². The molecule has 0 heterocycles. The van der Waals surface area contributed by atoms with Crippen LogP contribution in [0.25, 0.3) is 0 Å². The molecule has 0 aliphatic heterocycles. The van der Waals surface area contributed by atoms with Gasteiger partial charge >= 0.3 is 0 Å². The summed E-state index contributed by atoms with van der Waals surface area (Å²) in [5, 5.41) is 0. The van der Waals surface area contributed by atoms with Gasteiger partial charge < -0.3 is 4.74 Å². The van der Waals surface area contributed by atoms with Crippen LogP contribution >= 0.6 is 45.8 Å². The molecule has 0 aromatic heterocycles. The molecule has 1 fully saturated rings. The number of hydrogen-bond acceptors (Lipinski definition) is 1. The van der Waals surface area contributed by atoms with Gasteiger partial charge in [-0.1, -0.05) is 36.4 Å². The first-order valence-electron chi connectivity index (χ1n) is 5.90. The third kappa shape index (κ3) is 4.87. The van der Waals surface area contributed by atoms with E-state index < -0.39 is 0 Å². The third-order valence-corrected chi connectivity index (χ3v) is 5.76. The molecule has 0 bridgehead atoms. The van der Waals surface area contributed by atoms with Crippen molar-refractivity contribution in [3.05, 3.63) is 0 Å². The second-order valence-corrected chi connectivity index (χ2v) is 7.58. The molecule has 0 spiro atoms. The lowest BCUT2D eigenvalue weighted by molar-refractivity contribution is -0.0328. The molecule has 2 atom stereocenters. The zero-order valence-electron chi connectivity index (χ0n) is 10.0. The molecule has 96 valence electrons. The van der Waals surface area contributed by atoms with Gasteiger partial charge in [0, 0.05) is 11.8 Å². The van der Waals surface area contributed by atoms with E-state index in [1.54, 1.807) is 0 Å². The molecule has 1 nitrogen and oxygen atoms in total. The van der Waals surface area contributed by atoms with Gasteiger partial charge in [0.05, 0.1) is 16.1 Å². The third-order valence-electron chi connectivity index (χ3n) is 3.36. The highest BCUT2D eigenvalue weighted by Gasteiger charge is 2.30. The van der Waals surface area contributed by atoms with E-state index in [4.69, 9.17) is 27.9 Å². The number of alkyl halides is 3. The summed E-state index contributed by atoms with van der Waals surface area (Å²) in [4.78, 5) is 0. The Bertz CT molecular complexity index is 201. The molecule has 1 aliphatic rings. The Morgan fingerprint density at radius 1 is 1.25 bits per heavy atom. The average molecular weight is 379 g/mol. The van der Waals surface area contributed by atoms with E-state index in [9.17, 15) is 0 Å². The minimum absolute atomic E-state index is 0.103. The summed E-state index contributed by atoms with van der Waals surface area (Å²) in [6.07, 6.45) is 5.31. The molecule has 0 N–H and O–H groups in total. The molecular weight excluding hydrogens is 358 g/mol. The summed E-state index contributed by atoms with van der Waals surface area (Å²) in [6, 6.07) is 0. The molecule has 2 unspecified atom stereocenters. The summed E-state index contributed by atoms with van der Waals surface area (Å²) in [5.41, 5.74) is 0.493. The lowest BCUT2D eigenvalue weighted by Gasteiger charge is -2.36. The standard InChI is InChI=1S/C12H21Cl2IO/c1-12(2)5-3-9(4-6-12)16-11(8-14)10(15)7-13/h9-11H,3-8H2,1-2H3. The number of hydrogen-bond donors (Lipinski definition) is 0. The van der Waals surface area contributed by atoms with E-state index in [0.717, 1.165) is 12.8 Å². The molecule has 1 aliphatic carbocycles. The Labute approximate surface area is 123 Å². The van der Waals surface area contributed by atoms with Crippen molar-refractivity contribution in [2.24, 2.45) is 5.41 Å². The summed E-state index contributed by atoms with van der Waals surface area (Å²) in [6.45, 7) is 4.67. The predicted molar refractivity (Wildman–Crippen MR) is 80.2 cm³/mol. The van der Waals surface area contributed by atoms with Gasteiger partial charge in [0.1, 0.15) is 0 Å². The zero-order chi connectivity index (χ0) is 12.2. The van der Waals surface area contributed by atoms with E-state index in [2.05, 4.69) is 36.4 Å². The Morgan fingerprint density at radius 2 is 1.81 bits per heavy atom. The van der Waals surface area contributed by atoms with Crippen LogP contribution in [0.2, 0.25) is 0 Å². The van der Waals surface area contributed by atoms with Crippen molar-refractivity contribution in [3.8, 4) is 0 Å². The van der Waals surface area contributed by atoms with E-state index >= 15 is 0 Å². The Morgan fingerprint density at radius 3 is 2.25 bits per heavy atom. The van der Waals surface area contributed by atoms with Crippen molar-refractivity contribution in [1.82, 2.24) is 0 Å². The largest absolute Gasteiger partial charge is 0.373 e. The quantitative estimate of drug-likeness (QED) is 0.501. The first-order chi connectivity index (χ1) is 7.48. The van der Waals surface area contributed by atoms with Gasteiger partial charge in [-0.15, -0.1) is 23.2 Å². The van der Waals surface area contributed by atoms with Crippen molar-refractivity contribution in [1.29, 1.82) is 0 Å². The molecule has 0 radical (unpaired) electrons. The fourth-order valence-corrected chi connectivity index (χ4v) is 3.28. The molecule has 1 rings (SSSR count). The van der Waals surface area contributed by atoms with Crippen LogP contribution in [0, 0.1) is 5.41 Å². The maximum Gasteiger partial charge on any atom is 0.0843 e.